The Morgan fingerprint density at radius 1 is 1.21 bits per heavy atom. The van der Waals surface area contributed by atoms with Crippen LogP contribution in [0.2, 0.25) is 0 Å². The van der Waals surface area contributed by atoms with Crippen molar-refractivity contribution in [3.05, 3.63) is 24.3 Å². The molecule has 0 saturated heterocycles. The highest BCUT2D eigenvalue weighted by molar-refractivity contribution is 5.55. The van der Waals surface area contributed by atoms with Crippen molar-refractivity contribution in [1.29, 1.82) is 0 Å². The molecular weight excluding hydrogens is 176 g/mol. The first-order valence-electron chi connectivity index (χ1n) is 4.96. The van der Waals surface area contributed by atoms with Crippen molar-refractivity contribution in [1.82, 2.24) is 5.01 Å². The Bertz CT molecular complexity index is 272. The molecule has 0 unspecified atom stereocenters. The maximum Gasteiger partial charge on any atom is 0.143 e. The van der Waals surface area contributed by atoms with Crippen LogP contribution >= 0.6 is 0 Å². The number of para-hydroxylation sites is 2. The number of hydrogen-bond donors (Lipinski definition) is 1. The maximum absolute atomic E-state index is 5.25. The fourth-order valence-corrected chi connectivity index (χ4v) is 1.29. The number of hydrazine groups is 1. The largest absolute Gasteiger partial charge is 0.495 e. The van der Waals surface area contributed by atoms with Gasteiger partial charge in [0, 0.05) is 13.1 Å². The van der Waals surface area contributed by atoms with E-state index in [2.05, 4.69) is 24.3 Å². The Kier molecular flexibility index (Phi) is 4.26. The summed E-state index contributed by atoms with van der Waals surface area (Å²) >= 11 is 0. The number of ether oxygens (including phenoxy) is 1. The molecule has 0 aliphatic carbocycles. The lowest BCUT2D eigenvalue weighted by Gasteiger charge is -2.21. The lowest BCUT2D eigenvalue weighted by molar-refractivity contribution is 0.360. The minimum Gasteiger partial charge on any atom is -0.495 e. The Morgan fingerprint density at radius 3 is 2.43 bits per heavy atom. The van der Waals surface area contributed by atoms with E-state index in [0.29, 0.717) is 0 Å². The van der Waals surface area contributed by atoms with Gasteiger partial charge in [0.15, 0.2) is 0 Å². The zero-order valence-electron chi connectivity index (χ0n) is 9.08. The van der Waals surface area contributed by atoms with Gasteiger partial charge in [0.25, 0.3) is 0 Å². The third-order valence-corrected chi connectivity index (χ3v) is 2.15. The quantitative estimate of drug-likeness (QED) is 0.728. The summed E-state index contributed by atoms with van der Waals surface area (Å²) in [5.41, 5.74) is 4.32. The first kappa shape index (κ1) is 10.9. The van der Waals surface area contributed by atoms with Gasteiger partial charge in [-0.25, -0.2) is 5.01 Å². The molecule has 0 aliphatic heterocycles. The van der Waals surface area contributed by atoms with E-state index in [4.69, 9.17) is 4.74 Å². The number of hydrogen-bond acceptors (Lipinski definition) is 3. The highest BCUT2D eigenvalue weighted by Crippen LogP contribution is 2.23. The molecule has 0 amide bonds. The van der Waals surface area contributed by atoms with E-state index in [9.17, 15) is 0 Å². The van der Waals surface area contributed by atoms with Crippen LogP contribution in [0.25, 0.3) is 0 Å². The Balaban J connectivity index is 2.74. The third kappa shape index (κ3) is 2.64. The van der Waals surface area contributed by atoms with Crippen LogP contribution in [0.5, 0.6) is 5.75 Å². The summed E-state index contributed by atoms with van der Waals surface area (Å²) in [6, 6.07) is 7.92. The number of nitrogens with zero attached hydrogens (tertiary/aromatic N) is 1. The van der Waals surface area contributed by atoms with Gasteiger partial charge in [0.1, 0.15) is 5.75 Å². The molecule has 1 rings (SSSR count). The summed E-state index contributed by atoms with van der Waals surface area (Å²) in [7, 11) is 1.68. The molecule has 1 aromatic rings. The lowest BCUT2D eigenvalue weighted by atomic mass is 10.3. The molecule has 0 heterocycles. The average Bonchev–Trinajstić information content (AvgIpc) is 2.26. The molecule has 0 fully saturated rings. The molecular formula is C11H18N2O. The normalized spacial score (nSPS) is 10.3. The Labute approximate surface area is 85.6 Å². The van der Waals surface area contributed by atoms with Crippen molar-refractivity contribution in [3.8, 4) is 5.75 Å². The van der Waals surface area contributed by atoms with Gasteiger partial charge in [0.2, 0.25) is 0 Å². The molecule has 78 valence electrons. The van der Waals surface area contributed by atoms with Crippen LogP contribution in [0, 0.1) is 0 Å². The Morgan fingerprint density at radius 2 is 1.86 bits per heavy atom. The molecule has 0 aromatic heterocycles. The molecule has 0 bridgehead atoms. The monoisotopic (exact) mass is 194 g/mol. The SMILES string of the molecule is CCN(CC)Nc1ccccc1OC. The first-order chi connectivity index (χ1) is 6.81. The zero-order chi connectivity index (χ0) is 10.4. The molecule has 0 aliphatic rings. The number of nitrogens with one attached hydrogen (secondary N) is 1. The van der Waals surface area contributed by atoms with E-state index in [1.165, 1.54) is 0 Å². The van der Waals surface area contributed by atoms with Gasteiger partial charge in [0.05, 0.1) is 12.8 Å². The van der Waals surface area contributed by atoms with Gasteiger partial charge in [-0.1, -0.05) is 26.0 Å². The van der Waals surface area contributed by atoms with Gasteiger partial charge in [-0.05, 0) is 12.1 Å². The van der Waals surface area contributed by atoms with E-state index < -0.39 is 0 Å². The van der Waals surface area contributed by atoms with Crippen molar-refractivity contribution in [2.75, 3.05) is 25.6 Å². The van der Waals surface area contributed by atoms with Crippen LogP contribution in [-0.4, -0.2) is 25.2 Å². The second-order valence-electron chi connectivity index (χ2n) is 2.98. The fourth-order valence-electron chi connectivity index (χ4n) is 1.29. The van der Waals surface area contributed by atoms with E-state index >= 15 is 0 Å². The number of benzene rings is 1. The molecule has 0 atom stereocenters. The molecule has 14 heavy (non-hydrogen) atoms. The van der Waals surface area contributed by atoms with Gasteiger partial charge in [-0.15, -0.1) is 0 Å². The highest BCUT2D eigenvalue weighted by Gasteiger charge is 2.03. The summed E-state index contributed by atoms with van der Waals surface area (Å²) in [5, 5.41) is 2.12. The first-order valence-corrected chi connectivity index (χ1v) is 4.96. The van der Waals surface area contributed by atoms with Crippen molar-refractivity contribution < 1.29 is 4.74 Å². The summed E-state index contributed by atoms with van der Waals surface area (Å²) in [6.45, 7) is 6.17. The molecule has 0 spiro atoms. The molecule has 3 nitrogen and oxygen atoms in total. The van der Waals surface area contributed by atoms with Crippen molar-refractivity contribution in [2.24, 2.45) is 0 Å². The van der Waals surface area contributed by atoms with Crippen LogP contribution < -0.4 is 10.2 Å². The maximum atomic E-state index is 5.25. The second kappa shape index (κ2) is 5.50. The highest BCUT2D eigenvalue weighted by atomic mass is 16.5. The average molecular weight is 194 g/mol. The lowest BCUT2D eigenvalue weighted by Crippen LogP contribution is -2.29. The number of methoxy groups -OCH3 is 1. The summed E-state index contributed by atoms with van der Waals surface area (Å²) in [6.07, 6.45) is 0. The van der Waals surface area contributed by atoms with Crippen molar-refractivity contribution in [3.63, 3.8) is 0 Å². The number of rotatable bonds is 5. The topological polar surface area (TPSA) is 24.5 Å². The predicted molar refractivity (Wildman–Crippen MR) is 59.5 cm³/mol. The third-order valence-electron chi connectivity index (χ3n) is 2.15. The van der Waals surface area contributed by atoms with E-state index in [1.54, 1.807) is 7.11 Å². The van der Waals surface area contributed by atoms with Gasteiger partial charge >= 0.3 is 0 Å². The minimum absolute atomic E-state index is 0.874. The second-order valence-corrected chi connectivity index (χ2v) is 2.98. The molecule has 3 heteroatoms. The van der Waals surface area contributed by atoms with Crippen molar-refractivity contribution >= 4 is 5.69 Å². The zero-order valence-corrected chi connectivity index (χ0v) is 9.08. The minimum atomic E-state index is 0.874. The van der Waals surface area contributed by atoms with Crippen LogP contribution in [0.15, 0.2) is 24.3 Å². The van der Waals surface area contributed by atoms with Crippen LogP contribution in [0.1, 0.15) is 13.8 Å². The smallest absolute Gasteiger partial charge is 0.143 e. The van der Waals surface area contributed by atoms with Crippen molar-refractivity contribution in [2.45, 2.75) is 13.8 Å². The van der Waals surface area contributed by atoms with Crippen LogP contribution in [-0.2, 0) is 0 Å². The molecule has 0 radical (unpaired) electrons. The molecule has 0 saturated carbocycles. The summed E-state index contributed by atoms with van der Waals surface area (Å²) in [5.74, 6) is 0.874. The summed E-state index contributed by atoms with van der Waals surface area (Å²) < 4.78 is 5.25. The number of anilines is 1. The van der Waals surface area contributed by atoms with E-state index in [-0.39, 0.29) is 0 Å². The summed E-state index contributed by atoms with van der Waals surface area (Å²) in [4.78, 5) is 0. The van der Waals surface area contributed by atoms with Gasteiger partial charge < -0.3 is 10.2 Å². The van der Waals surface area contributed by atoms with E-state index in [0.717, 1.165) is 24.5 Å². The fraction of sp³-hybridized carbons (Fsp3) is 0.455. The van der Waals surface area contributed by atoms with Gasteiger partial charge in [-0.2, -0.15) is 0 Å². The van der Waals surface area contributed by atoms with Gasteiger partial charge in [-0.3, -0.25) is 0 Å². The van der Waals surface area contributed by atoms with Crippen LogP contribution in [0.3, 0.4) is 0 Å². The standard InChI is InChI=1S/C11H18N2O/c1-4-13(5-2)12-10-8-6-7-9-11(10)14-3/h6-9,12H,4-5H2,1-3H3. The predicted octanol–water partition coefficient (Wildman–Crippen LogP) is 2.36. The molecule has 1 aromatic carbocycles. The molecule has 1 N–H and O–H groups in total. The Hall–Kier alpha value is -1.22. The van der Waals surface area contributed by atoms with Crippen LogP contribution in [0.4, 0.5) is 5.69 Å². The van der Waals surface area contributed by atoms with E-state index in [1.807, 2.05) is 24.3 Å².